The van der Waals surface area contributed by atoms with E-state index in [9.17, 15) is 18.0 Å². The van der Waals surface area contributed by atoms with Gasteiger partial charge in [0.2, 0.25) is 5.91 Å². The molecular weight excluding hydrogens is 475 g/mol. The van der Waals surface area contributed by atoms with Crippen molar-refractivity contribution in [3.8, 4) is 10.6 Å². The summed E-state index contributed by atoms with van der Waals surface area (Å²) in [5.74, 6) is 0.0471. The number of carbonyl (C=O) groups is 1. The zero-order valence-corrected chi connectivity index (χ0v) is 20.5. The highest BCUT2D eigenvalue weighted by atomic mass is 32.1. The van der Waals surface area contributed by atoms with Gasteiger partial charge in [0.15, 0.2) is 0 Å². The van der Waals surface area contributed by atoms with Crippen LogP contribution in [0.2, 0.25) is 0 Å². The second-order valence-corrected chi connectivity index (χ2v) is 9.96. The third-order valence-corrected chi connectivity index (χ3v) is 7.18. The van der Waals surface area contributed by atoms with Crippen molar-refractivity contribution in [2.24, 2.45) is 7.05 Å². The monoisotopic (exact) mass is 505 g/mol. The number of rotatable bonds is 8. The van der Waals surface area contributed by atoms with Gasteiger partial charge in [-0.15, -0.1) is 11.3 Å². The number of thiophene rings is 1. The lowest BCUT2D eigenvalue weighted by Gasteiger charge is -2.21. The minimum atomic E-state index is -4.42. The number of carbonyl (C=O) groups excluding carboxylic acids is 1. The smallest absolute Gasteiger partial charge is 0.355 e. The second kappa shape index (κ2) is 11.4. The van der Waals surface area contributed by atoms with Gasteiger partial charge in [-0.1, -0.05) is 30.3 Å². The van der Waals surface area contributed by atoms with Crippen LogP contribution in [0.3, 0.4) is 0 Å². The lowest BCUT2D eigenvalue weighted by molar-refractivity contribution is -0.143. The molecule has 0 aliphatic carbocycles. The Morgan fingerprint density at radius 2 is 1.80 bits per heavy atom. The van der Waals surface area contributed by atoms with Crippen LogP contribution in [0.1, 0.15) is 22.6 Å². The van der Waals surface area contributed by atoms with Gasteiger partial charge < -0.3 is 5.32 Å². The predicted molar refractivity (Wildman–Crippen MR) is 131 cm³/mol. The number of nitrogens with zero attached hydrogens (tertiary/aromatic N) is 4. The van der Waals surface area contributed by atoms with E-state index in [0.29, 0.717) is 18.8 Å². The molecule has 0 spiro atoms. The summed E-state index contributed by atoms with van der Waals surface area (Å²) < 4.78 is 40.1. The van der Waals surface area contributed by atoms with Crippen molar-refractivity contribution in [3.63, 3.8) is 0 Å². The Hall–Kier alpha value is -2.69. The number of halogens is 3. The molecule has 10 heteroatoms. The van der Waals surface area contributed by atoms with Crippen LogP contribution in [-0.4, -0.2) is 64.8 Å². The first-order valence-corrected chi connectivity index (χ1v) is 12.6. The number of benzene rings is 1. The molecule has 1 amide bonds. The van der Waals surface area contributed by atoms with E-state index in [1.54, 1.807) is 0 Å². The molecular formula is C25H30F3N5OS. The lowest BCUT2D eigenvalue weighted by Crippen LogP contribution is -2.39. The Labute approximate surface area is 207 Å². The van der Waals surface area contributed by atoms with E-state index < -0.39 is 11.9 Å². The fourth-order valence-electron chi connectivity index (χ4n) is 4.26. The number of aromatic nitrogens is 2. The van der Waals surface area contributed by atoms with Crippen LogP contribution in [0.25, 0.3) is 10.6 Å². The summed E-state index contributed by atoms with van der Waals surface area (Å²) in [5, 5.41) is 7.06. The minimum Gasteiger partial charge on any atom is -0.355 e. The van der Waals surface area contributed by atoms with Gasteiger partial charge >= 0.3 is 6.18 Å². The van der Waals surface area contributed by atoms with E-state index in [4.69, 9.17) is 0 Å². The molecule has 188 valence electrons. The fourth-order valence-corrected chi connectivity index (χ4v) is 5.27. The molecule has 1 N–H and O–H groups in total. The summed E-state index contributed by atoms with van der Waals surface area (Å²) in [5.41, 5.74) is 0.800. The second-order valence-electron chi connectivity index (χ2n) is 8.79. The van der Waals surface area contributed by atoms with Crippen molar-refractivity contribution in [2.45, 2.75) is 25.6 Å². The van der Waals surface area contributed by atoms with Crippen molar-refractivity contribution < 1.29 is 18.0 Å². The lowest BCUT2D eigenvalue weighted by atomic mass is 10.1. The van der Waals surface area contributed by atoms with Gasteiger partial charge in [-0.2, -0.15) is 18.3 Å². The molecule has 4 rings (SSSR count). The molecule has 35 heavy (non-hydrogen) atoms. The Bertz CT molecular complexity index is 1110. The minimum absolute atomic E-state index is 0.0471. The predicted octanol–water partition coefficient (Wildman–Crippen LogP) is 4.03. The van der Waals surface area contributed by atoms with Crippen molar-refractivity contribution in [1.29, 1.82) is 0 Å². The van der Waals surface area contributed by atoms with Crippen LogP contribution < -0.4 is 5.32 Å². The van der Waals surface area contributed by atoms with Gasteiger partial charge in [-0.05, 0) is 49.7 Å². The van der Waals surface area contributed by atoms with Gasteiger partial charge in [-0.3, -0.25) is 19.3 Å². The van der Waals surface area contributed by atoms with E-state index in [2.05, 4.69) is 32.3 Å². The number of amides is 1. The number of hydrogen-bond donors (Lipinski definition) is 1. The molecule has 0 unspecified atom stereocenters. The van der Waals surface area contributed by atoms with Crippen LogP contribution in [-0.2, 0) is 31.0 Å². The molecule has 3 aromatic rings. The molecule has 6 nitrogen and oxygen atoms in total. The Morgan fingerprint density at radius 1 is 1.06 bits per heavy atom. The SMILES string of the molecule is Cn1nc(-c2ccc(CN3CCCN(CC(=O)NCCc4ccccc4)CC3)s2)cc1C(F)(F)F. The summed E-state index contributed by atoms with van der Waals surface area (Å²) in [7, 11) is 1.31. The summed E-state index contributed by atoms with van der Waals surface area (Å²) >= 11 is 1.48. The molecule has 1 fully saturated rings. The van der Waals surface area contributed by atoms with Crippen LogP contribution >= 0.6 is 11.3 Å². The Morgan fingerprint density at radius 3 is 2.54 bits per heavy atom. The van der Waals surface area contributed by atoms with Gasteiger partial charge in [0.1, 0.15) is 11.4 Å². The molecule has 1 saturated heterocycles. The molecule has 0 atom stereocenters. The highest BCUT2D eigenvalue weighted by molar-refractivity contribution is 7.15. The number of aryl methyl sites for hydroxylation is 1. The molecule has 1 aliphatic heterocycles. The summed E-state index contributed by atoms with van der Waals surface area (Å²) in [6.45, 7) is 5.19. The molecule has 3 heterocycles. The van der Waals surface area contributed by atoms with Gasteiger partial charge in [-0.25, -0.2) is 0 Å². The van der Waals surface area contributed by atoms with Gasteiger partial charge in [0.25, 0.3) is 0 Å². The fraction of sp³-hybridized carbons (Fsp3) is 0.440. The standard InChI is InChI=1S/C25H30F3N5OS/c1-31-23(25(26,27)28)16-21(30-31)22-9-8-20(35-22)17-32-12-5-13-33(15-14-32)18-24(34)29-11-10-19-6-3-2-4-7-19/h2-4,6-9,16H,5,10-15,17-18H2,1H3,(H,29,34). The number of hydrogen-bond acceptors (Lipinski definition) is 5. The van der Waals surface area contributed by atoms with Crippen LogP contribution in [0.15, 0.2) is 48.5 Å². The van der Waals surface area contributed by atoms with Crippen molar-refractivity contribution >= 4 is 17.2 Å². The van der Waals surface area contributed by atoms with Crippen molar-refractivity contribution in [3.05, 3.63) is 64.7 Å². The quantitative estimate of drug-likeness (QED) is 0.502. The van der Waals surface area contributed by atoms with E-state index >= 15 is 0 Å². The first kappa shape index (κ1) is 25.4. The summed E-state index contributed by atoms with van der Waals surface area (Å²) in [6.07, 6.45) is -2.64. The average Bonchev–Trinajstić information content (AvgIpc) is 3.37. The Kier molecular flexibility index (Phi) is 8.25. The highest BCUT2D eigenvalue weighted by Gasteiger charge is 2.35. The molecule has 1 aliphatic rings. The molecule has 0 radical (unpaired) electrons. The van der Waals surface area contributed by atoms with Crippen molar-refractivity contribution in [1.82, 2.24) is 24.9 Å². The molecule has 0 bridgehead atoms. The summed E-state index contributed by atoms with van der Waals surface area (Å²) in [6, 6.07) is 15.0. The first-order chi connectivity index (χ1) is 16.8. The maximum atomic E-state index is 13.1. The highest BCUT2D eigenvalue weighted by Crippen LogP contribution is 2.34. The van der Waals surface area contributed by atoms with E-state index in [1.807, 2.05) is 30.3 Å². The largest absolute Gasteiger partial charge is 0.433 e. The zero-order chi connectivity index (χ0) is 24.8. The van der Waals surface area contributed by atoms with Crippen LogP contribution in [0.5, 0.6) is 0 Å². The van der Waals surface area contributed by atoms with E-state index in [-0.39, 0.29) is 5.91 Å². The maximum Gasteiger partial charge on any atom is 0.433 e. The molecule has 2 aromatic heterocycles. The van der Waals surface area contributed by atoms with Gasteiger partial charge in [0.05, 0.1) is 11.4 Å². The van der Waals surface area contributed by atoms with Crippen molar-refractivity contribution in [2.75, 3.05) is 39.3 Å². The average molecular weight is 506 g/mol. The number of alkyl halides is 3. The van der Waals surface area contributed by atoms with E-state index in [0.717, 1.165) is 66.1 Å². The third kappa shape index (κ3) is 7.16. The normalized spacial score (nSPS) is 15.8. The summed E-state index contributed by atoms with van der Waals surface area (Å²) in [4.78, 5) is 18.7. The third-order valence-electron chi connectivity index (χ3n) is 6.09. The van der Waals surface area contributed by atoms with Crippen LogP contribution in [0.4, 0.5) is 13.2 Å². The Balaban J connectivity index is 1.23. The topological polar surface area (TPSA) is 53.4 Å². The first-order valence-electron chi connectivity index (χ1n) is 11.7. The molecule has 0 saturated carbocycles. The van der Waals surface area contributed by atoms with Gasteiger partial charge in [0, 0.05) is 38.1 Å². The van der Waals surface area contributed by atoms with E-state index in [1.165, 1.54) is 23.9 Å². The zero-order valence-electron chi connectivity index (χ0n) is 19.7. The number of nitrogens with one attached hydrogen (secondary N) is 1. The molecule has 1 aromatic carbocycles. The maximum absolute atomic E-state index is 13.1. The van der Waals surface area contributed by atoms with Crippen LogP contribution in [0, 0.1) is 0 Å².